The first kappa shape index (κ1) is 13.9. The number of nitrogens with one attached hydrogen (secondary N) is 2. The highest BCUT2D eigenvalue weighted by molar-refractivity contribution is 6.06. The van der Waals surface area contributed by atoms with Crippen molar-refractivity contribution in [1.29, 1.82) is 0 Å². The van der Waals surface area contributed by atoms with Crippen molar-refractivity contribution in [2.75, 3.05) is 12.4 Å². The number of nitrogens with zero attached hydrogens (tertiary/aromatic N) is 1. The third-order valence-corrected chi connectivity index (χ3v) is 3.51. The minimum Gasteiger partial charge on any atom is -0.496 e. The van der Waals surface area contributed by atoms with E-state index in [0.717, 1.165) is 5.52 Å². The number of benzene rings is 2. The molecule has 2 N–H and O–H groups in total. The normalized spacial score (nSPS) is 10.6. The van der Waals surface area contributed by atoms with Crippen molar-refractivity contribution >= 4 is 22.6 Å². The van der Waals surface area contributed by atoms with Crippen molar-refractivity contribution in [3.8, 4) is 5.75 Å². The summed E-state index contributed by atoms with van der Waals surface area (Å²) in [6.07, 6.45) is 0. The van der Waals surface area contributed by atoms with E-state index in [1.165, 1.54) is 11.7 Å². The van der Waals surface area contributed by atoms with Crippen LogP contribution < -0.4 is 15.7 Å². The van der Waals surface area contributed by atoms with Crippen LogP contribution >= 0.6 is 0 Å². The molecular formula is C16H15N3O3. The summed E-state index contributed by atoms with van der Waals surface area (Å²) in [5.41, 5.74) is 2.31. The van der Waals surface area contributed by atoms with E-state index in [0.29, 0.717) is 22.5 Å². The minimum atomic E-state index is -0.268. The molecule has 3 aromatic rings. The lowest BCUT2D eigenvalue weighted by Crippen LogP contribution is -2.13. The summed E-state index contributed by atoms with van der Waals surface area (Å²) in [4.78, 5) is 26.6. The molecule has 112 valence electrons. The molecule has 0 aliphatic heterocycles. The Bertz CT molecular complexity index is 908. The van der Waals surface area contributed by atoms with Crippen LogP contribution in [0.4, 0.5) is 5.69 Å². The second-order valence-electron chi connectivity index (χ2n) is 4.88. The Hall–Kier alpha value is -3.02. The van der Waals surface area contributed by atoms with E-state index in [2.05, 4.69) is 10.3 Å². The molecule has 0 unspecified atom stereocenters. The molecule has 6 heteroatoms. The predicted octanol–water partition coefficient (Wildman–Crippen LogP) is 2.13. The van der Waals surface area contributed by atoms with Gasteiger partial charge in [0.25, 0.3) is 5.91 Å². The molecule has 0 radical (unpaired) electrons. The summed E-state index contributed by atoms with van der Waals surface area (Å²) in [5.74, 6) is 0.240. The van der Waals surface area contributed by atoms with Crippen LogP contribution in [0.15, 0.2) is 47.3 Å². The van der Waals surface area contributed by atoms with Crippen LogP contribution in [-0.4, -0.2) is 22.6 Å². The van der Waals surface area contributed by atoms with Crippen molar-refractivity contribution in [1.82, 2.24) is 9.55 Å². The Labute approximate surface area is 126 Å². The van der Waals surface area contributed by atoms with Crippen LogP contribution in [0.2, 0.25) is 0 Å². The van der Waals surface area contributed by atoms with Gasteiger partial charge in [0.15, 0.2) is 0 Å². The van der Waals surface area contributed by atoms with Gasteiger partial charge in [0.1, 0.15) is 5.75 Å². The number of carbonyl (C=O) groups excluding carboxylic acids is 1. The number of carbonyl (C=O) groups is 1. The summed E-state index contributed by atoms with van der Waals surface area (Å²) in [6, 6.07) is 12.3. The van der Waals surface area contributed by atoms with Crippen molar-refractivity contribution in [2.45, 2.75) is 0 Å². The first-order valence-corrected chi connectivity index (χ1v) is 6.73. The average Bonchev–Trinajstić information content (AvgIpc) is 2.81. The number of aryl methyl sites for hydroxylation is 1. The molecule has 0 aliphatic carbocycles. The van der Waals surface area contributed by atoms with Crippen molar-refractivity contribution in [2.24, 2.45) is 7.05 Å². The molecule has 22 heavy (non-hydrogen) atoms. The lowest BCUT2D eigenvalue weighted by molar-refractivity contribution is 0.102. The summed E-state index contributed by atoms with van der Waals surface area (Å²) >= 11 is 0. The topological polar surface area (TPSA) is 76.1 Å². The zero-order valence-corrected chi connectivity index (χ0v) is 12.2. The standard InChI is InChI=1S/C16H15N3O3/c1-19-13-8-7-10(9-12(13)18-16(19)21)17-15(20)11-5-3-4-6-14(11)22-2/h3-9H,1-2H3,(H,17,20)(H,18,21). The first-order valence-electron chi connectivity index (χ1n) is 6.73. The Morgan fingerprint density at radius 2 is 2.00 bits per heavy atom. The third-order valence-electron chi connectivity index (χ3n) is 3.51. The fourth-order valence-corrected chi connectivity index (χ4v) is 2.35. The fourth-order valence-electron chi connectivity index (χ4n) is 2.35. The molecule has 3 rings (SSSR count). The molecule has 0 bridgehead atoms. The third kappa shape index (κ3) is 2.35. The van der Waals surface area contributed by atoms with Crippen LogP contribution in [-0.2, 0) is 7.05 Å². The lowest BCUT2D eigenvalue weighted by atomic mass is 10.2. The molecule has 1 amide bonds. The quantitative estimate of drug-likeness (QED) is 0.777. The molecule has 1 aromatic heterocycles. The van der Waals surface area contributed by atoms with E-state index in [1.54, 1.807) is 49.5 Å². The highest BCUT2D eigenvalue weighted by Crippen LogP contribution is 2.20. The second kappa shape index (κ2) is 5.40. The van der Waals surface area contributed by atoms with Gasteiger partial charge in [0.2, 0.25) is 0 Å². The number of methoxy groups -OCH3 is 1. The van der Waals surface area contributed by atoms with Crippen LogP contribution in [0.1, 0.15) is 10.4 Å². The zero-order chi connectivity index (χ0) is 15.7. The smallest absolute Gasteiger partial charge is 0.326 e. The largest absolute Gasteiger partial charge is 0.496 e. The molecular weight excluding hydrogens is 282 g/mol. The van der Waals surface area contributed by atoms with Crippen molar-refractivity contribution < 1.29 is 9.53 Å². The number of anilines is 1. The predicted molar refractivity (Wildman–Crippen MR) is 84.5 cm³/mol. The van der Waals surface area contributed by atoms with E-state index < -0.39 is 0 Å². The van der Waals surface area contributed by atoms with Crippen molar-refractivity contribution in [3.05, 3.63) is 58.5 Å². The minimum absolute atomic E-state index is 0.191. The van der Waals surface area contributed by atoms with Gasteiger partial charge in [-0.1, -0.05) is 12.1 Å². The van der Waals surface area contributed by atoms with Crippen LogP contribution in [0.5, 0.6) is 5.75 Å². The van der Waals surface area contributed by atoms with Crippen molar-refractivity contribution in [3.63, 3.8) is 0 Å². The number of imidazole rings is 1. The number of aromatic nitrogens is 2. The SMILES string of the molecule is COc1ccccc1C(=O)Nc1ccc2c(c1)[nH]c(=O)n2C. The number of fused-ring (bicyclic) bond motifs is 1. The Morgan fingerprint density at radius 1 is 1.23 bits per heavy atom. The van der Waals surface area contributed by atoms with Crippen LogP contribution in [0.3, 0.4) is 0 Å². The van der Waals surface area contributed by atoms with Gasteiger partial charge in [-0.15, -0.1) is 0 Å². The van der Waals surface area contributed by atoms with Gasteiger partial charge in [0, 0.05) is 12.7 Å². The number of H-pyrrole nitrogens is 1. The number of rotatable bonds is 3. The Morgan fingerprint density at radius 3 is 2.77 bits per heavy atom. The van der Waals surface area contributed by atoms with Gasteiger partial charge in [-0.25, -0.2) is 4.79 Å². The van der Waals surface area contributed by atoms with Gasteiger partial charge in [-0.05, 0) is 30.3 Å². The molecule has 0 fully saturated rings. The second-order valence-corrected chi connectivity index (χ2v) is 4.88. The molecule has 0 spiro atoms. The maximum atomic E-state index is 12.3. The molecule has 1 heterocycles. The molecule has 0 aliphatic rings. The maximum absolute atomic E-state index is 12.3. The fraction of sp³-hybridized carbons (Fsp3) is 0.125. The Kier molecular flexibility index (Phi) is 3.42. The van der Waals surface area contributed by atoms with Gasteiger partial charge in [0.05, 0.1) is 23.7 Å². The van der Waals surface area contributed by atoms with Crippen LogP contribution in [0, 0.1) is 0 Å². The number of aromatic amines is 1. The van der Waals surface area contributed by atoms with Crippen LogP contribution in [0.25, 0.3) is 11.0 Å². The molecule has 0 saturated heterocycles. The number of ether oxygens (including phenoxy) is 1. The number of para-hydroxylation sites is 1. The average molecular weight is 297 g/mol. The molecule has 0 atom stereocenters. The molecule has 2 aromatic carbocycles. The summed E-state index contributed by atoms with van der Waals surface area (Å²) in [7, 11) is 3.21. The monoisotopic (exact) mass is 297 g/mol. The number of hydrogen-bond donors (Lipinski definition) is 2. The number of amides is 1. The zero-order valence-electron chi connectivity index (χ0n) is 12.2. The molecule has 6 nitrogen and oxygen atoms in total. The number of hydrogen-bond acceptors (Lipinski definition) is 3. The van der Waals surface area contributed by atoms with E-state index in [4.69, 9.17) is 4.74 Å². The summed E-state index contributed by atoms with van der Waals surface area (Å²) in [5, 5.41) is 2.80. The van der Waals surface area contributed by atoms with Gasteiger partial charge >= 0.3 is 5.69 Å². The van der Waals surface area contributed by atoms with Gasteiger partial charge < -0.3 is 15.0 Å². The summed E-state index contributed by atoms with van der Waals surface area (Å²) < 4.78 is 6.70. The maximum Gasteiger partial charge on any atom is 0.326 e. The lowest BCUT2D eigenvalue weighted by Gasteiger charge is -2.09. The van der Waals surface area contributed by atoms with Gasteiger partial charge in [-0.3, -0.25) is 9.36 Å². The highest BCUT2D eigenvalue weighted by Gasteiger charge is 2.12. The molecule has 0 saturated carbocycles. The highest BCUT2D eigenvalue weighted by atomic mass is 16.5. The Balaban J connectivity index is 1.92. The first-order chi connectivity index (χ1) is 10.6. The van der Waals surface area contributed by atoms with E-state index >= 15 is 0 Å². The summed E-state index contributed by atoms with van der Waals surface area (Å²) in [6.45, 7) is 0. The van der Waals surface area contributed by atoms with Gasteiger partial charge in [-0.2, -0.15) is 0 Å². The van der Waals surface area contributed by atoms with E-state index in [9.17, 15) is 9.59 Å². The van der Waals surface area contributed by atoms with E-state index in [-0.39, 0.29) is 11.6 Å². The van der Waals surface area contributed by atoms with E-state index in [1.807, 2.05) is 0 Å².